The number of hydrogen-bond acceptors (Lipinski definition) is 4. The SMILES string of the molecule is Cc1ccccc1NC(=O)C1CC(C#N)N(C(=O)CN(C)C(=O)c2c(Cl)cc(Cl)cc2Cl)C1. The van der Waals surface area contributed by atoms with Crippen LogP contribution in [-0.2, 0) is 9.59 Å². The molecule has 2 unspecified atom stereocenters. The monoisotopic (exact) mass is 506 g/mol. The van der Waals surface area contributed by atoms with Crippen LogP contribution in [-0.4, -0.2) is 53.7 Å². The van der Waals surface area contributed by atoms with Gasteiger partial charge in [-0.25, -0.2) is 0 Å². The lowest BCUT2D eigenvalue weighted by atomic mass is 10.0. The molecule has 1 saturated heterocycles. The molecule has 1 heterocycles. The molecule has 0 saturated carbocycles. The molecule has 0 radical (unpaired) electrons. The van der Waals surface area contributed by atoms with Gasteiger partial charge in [0.1, 0.15) is 6.04 Å². The van der Waals surface area contributed by atoms with Gasteiger partial charge in [0.05, 0.1) is 34.1 Å². The van der Waals surface area contributed by atoms with E-state index in [1.165, 1.54) is 29.0 Å². The van der Waals surface area contributed by atoms with Crippen LogP contribution in [0.3, 0.4) is 0 Å². The Balaban J connectivity index is 1.68. The molecular weight excluding hydrogens is 487 g/mol. The summed E-state index contributed by atoms with van der Waals surface area (Å²) < 4.78 is 0. The predicted octanol–water partition coefficient (Wildman–Crippen LogP) is 4.41. The zero-order chi connectivity index (χ0) is 24.3. The Bertz CT molecular complexity index is 1130. The fraction of sp³-hybridized carbons (Fsp3) is 0.304. The molecule has 3 amide bonds. The van der Waals surface area contributed by atoms with Crippen molar-refractivity contribution in [3.05, 3.63) is 62.6 Å². The number of anilines is 1. The third-order valence-electron chi connectivity index (χ3n) is 5.48. The Morgan fingerprint density at radius 1 is 1.18 bits per heavy atom. The average Bonchev–Trinajstić information content (AvgIpc) is 3.19. The number of likely N-dealkylation sites (tertiary alicyclic amines) is 1. The van der Waals surface area contributed by atoms with Crippen molar-refractivity contribution < 1.29 is 14.4 Å². The number of carbonyl (C=O) groups is 3. The van der Waals surface area contributed by atoms with Crippen molar-refractivity contribution in [2.45, 2.75) is 19.4 Å². The number of halogens is 3. The van der Waals surface area contributed by atoms with E-state index in [0.717, 1.165) is 5.56 Å². The number of likely N-dealkylation sites (N-methyl/N-ethyl adjacent to an activating group) is 1. The van der Waals surface area contributed by atoms with Gasteiger partial charge in [-0.15, -0.1) is 0 Å². The number of para-hydroxylation sites is 1. The molecule has 172 valence electrons. The topological polar surface area (TPSA) is 93.5 Å². The molecule has 2 atom stereocenters. The van der Waals surface area contributed by atoms with Gasteiger partial charge in [-0.3, -0.25) is 14.4 Å². The zero-order valence-electron chi connectivity index (χ0n) is 17.9. The summed E-state index contributed by atoms with van der Waals surface area (Å²) in [6.07, 6.45) is 0.215. The van der Waals surface area contributed by atoms with E-state index in [4.69, 9.17) is 34.8 Å². The van der Waals surface area contributed by atoms with Crippen LogP contribution in [0.25, 0.3) is 0 Å². The smallest absolute Gasteiger partial charge is 0.257 e. The number of rotatable bonds is 5. The molecule has 0 spiro atoms. The molecule has 10 heteroatoms. The Labute approximate surface area is 206 Å². The van der Waals surface area contributed by atoms with Crippen LogP contribution in [0, 0.1) is 24.2 Å². The predicted molar refractivity (Wildman–Crippen MR) is 127 cm³/mol. The maximum atomic E-state index is 12.9. The van der Waals surface area contributed by atoms with Gasteiger partial charge in [0.25, 0.3) is 5.91 Å². The summed E-state index contributed by atoms with van der Waals surface area (Å²) in [5, 5.41) is 12.8. The lowest BCUT2D eigenvalue weighted by Crippen LogP contribution is -2.43. The molecule has 1 fully saturated rings. The molecule has 7 nitrogen and oxygen atoms in total. The number of benzene rings is 2. The number of aryl methyl sites for hydroxylation is 1. The number of nitrogens with zero attached hydrogens (tertiary/aromatic N) is 3. The van der Waals surface area contributed by atoms with Crippen molar-refractivity contribution in [2.24, 2.45) is 5.92 Å². The standard InChI is InChI=1S/C23H21Cl3N4O3/c1-13-5-3-4-6-19(13)28-22(32)14-7-16(10-27)30(11-14)20(31)12-29(2)23(33)21-17(25)8-15(24)9-18(21)26/h3-6,8-9,14,16H,7,11-12H2,1-2H3,(H,28,32). The summed E-state index contributed by atoms with van der Waals surface area (Å²) in [5.74, 6) is -1.82. The first-order valence-corrected chi connectivity index (χ1v) is 11.2. The lowest BCUT2D eigenvalue weighted by Gasteiger charge is -2.24. The minimum absolute atomic E-state index is 0.0340. The van der Waals surface area contributed by atoms with E-state index in [2.05, 4.69) is 11.4 Å². The summed E-state index contributed by atoms with van der Waals surface area (Å²) in [4.78, 5) is 41.0. The normalized spacial score (nSPS) is 17.4. The van der Waals surface area contributed by atoms with Crippen LogP contribution >= 0.6 is 34.8 Å². The summed E-state index contributed by atoms with van der Waals surface area (Å²) in [6, 6.07) is 11.5. The van der Waals surface area contributed by atoms with Gasteiger partial charge in [-0.05, 0) is 37.1 Å². The molecule has 0 aliphatic carbocycles. The number of nitrogens with one attached hydrogen (secondary N) is 1. The summed E-state index contributed by atoms with van der Waals surface area (Å²) in [5.41, 5.74) is 1.63. The molecule has 2 aromatic rings. The van der Waals surface area contributed by atoms with Crippen LogP contribution in [0.15, 0.2) is 36.4 Å². The van der Waals surface area contributed by atoms with E-state index < -0.39 is 23.8 Å². The van der Waals surface area contributed by atoms with Crippen LogP contribution < -0.4 is 5.32 Å². The van der Waals surface area contributed by atoms with E-state index in [1.807, 2.05) is 25.1 Å². The molecule has 1 aliphatic rings. The van der Waals surface area contributed by atoms with Gasteiger partial charge in [-0.1, -0.05) is 53.0 Å². The third-order valence-corrected chi connectivity index (χ3v) is 6.30. The number of hydrogen-bond donors (Lipinski definition) is 1. The van der Waals surface area contributed by atoms with E-state index in [-0.39, 0.29) is 46.0 Å². The lowest BCUT2D eigenvalue weighted by molar-refractivity contribution is -0.131. The largest absolute Gasteiger partial charge is 0.332 e. The first kappa shape index (κ1) is 24.8. The molecule has 3 rings (SSSR count). The van der Waals surface area contributed by atoms with Crippen LogP contribution in [0.2, 0.25) is 15.1 Å². The second-order valence-electron chi connectivity index (χ2n) is 7.83. The fourth-order valence-corrected chi connectivity index (χ4v) is 4.65. The van der Waals surface area contributed by atoms with Gasteiger partial charge >= 0.3 is 0 Å². The van der Waals surface area contributed by atoms with E-state index in [0.29, 0.717) is 5.69 Å². The fourth-order valence-electron chi connectivity index (χ4n) is 3.67. The molecule has 0 bridgehead atoms. The highest BCUT2D eigenvalue weighted by atomic mass is 35.5. The third kappa shape index (κ3) is 5.59. The number of amides is 3. The maximum Gasteiger partial charge on any atom is 0.257 e. The molecule has 1 N–H and O–H groups in total. The van der Waals surface area contributed by atoms with Gasteiger partial charge in [0, 0.05) is 24.3 Å². The zero-order valence-corrected chi connectivity index (χ0v) is 20.2. The second-order valence-corrected chi connectivity index (χ2v) is 9.08. The maximum absolute atomic E-state index is 12.9. The van der Waals surface area contributed by atoms with Gasteiger partial charge < -0.3 is 15.1 Å². The molecule has 0 aromatic heterocycles. The summed E-state index contributed by atoms with van der Waals surface area (Å²) >= 11 is 18.1. The van der Waals surface area contributed by atoms with Crippen molar-refractivity contribution in [3.63, 3.8) is 0 Å². The minimum Gasteiger partial charge on any atom is -0.332 e. The van der Waals surface area contributed by atoms with Crippen LogP contribution in [0.5, 0.6) is 0 Å². The van der Waals surface area contributed by atoms with Gasteiger partial charge in [0.15, 0.2) is 0 Å². The molecule has 2 aromatic carbocycles. The molecule has 1 aliphatic heterocycles. The number of nitriles is 1. The van der Waals surface area contributed by atoms with Gasteiger partial charge in [-0.2, -0.15) is 5.26 Å². The Morgan fingerprint density at radius 3 is 2.42 bits per heavy atom. The number of carbonyl (C=O) groups excluding carboxylic acids is 3. The molecule has 33 heavy (non-hydrogen) atoms. The van der Waals surface area contributed by atoms with E-state index >= 15 is 0 Å². The van der Waals surface area contributed by atoms with Crippen molar-refractivity contribution in [3.8, 4) is 6.07 Å². The quantitative estimate of drug-likeness (QED) is 0.649. The minimum atomic E-state index is -0.767. The summed E-state index contributed by atoms with van der Waals surface area (Å²) in [6.45, 7) is 1.65. The van der Waals surface area contributed by atoms with Crippen molar-refractivity contribution >= 4 is 58.2 Å². The Kier molecular flexibility index (Phi) is 7.85. The average molecular weight is 508 g/mol. The Hall–Kier alpha value is -2.79. The molecular formula is C23H21Cl3N4O3. The van der Waals surface area contributed by atoms with Crippen LogP contribution in [0.1, 0.15) is 22.3 Å². The highest BCUT2D eigenvalue weighted by Gasteiger charge is 2.39. The van der Waals surface area contributed by atoms with Crippen molar-refractivity contribution in [2.75, 3.05) is 25.5 Å². The first-order valence-electron chi connectivity index (χ1n) is 10.1. The second kappa shape index (κ2) is 10.4. The Morgan fingerprint density at radius 2 is 1.82 bits per heavy atom. The van der Waals surface area contributed by atoms with Crippen molar-refractivity contribution in [1.82, 2.24) is 9.80 Å². The van der Waals surface area contributed by atoms with Gasteiger partial charge in [0.2, 0.25) is 11.8 Å². The van der Waals surface area contributed by atoms with E-state index in [1.54, 1.807) is 6.07 Å². The van der Waals surface area contributed by atoms with Crippen LogP contribution in [0.4, 0.5) is 5.69 Å². The highest BCUT2D eigenvalue weighted by molar-refractivity contribution is 6.42. The summed E-state index contributed by atoms with van der Waals surface area (Å²) in [7, 11) is 1.43. The highest BCUT2D eigenvalue weighted by Crippen LogP contribution is 2.30. The first-order chi connectivity index (χ1) is 15.6. The van der Waals surface area contributed by atoms with E-state index in [9.17, 15) is 19.6 Å². The van der Waals surface area contributed by atoms with Crippen molar-refractivity contribution in [1.29, 1.82) is 5.26 Å².